The van der Waals surface area contributed by atoms with Gasteiger partial charge in [-0.1, -0.05) is 48.5 Å². The van der Waals surface area contributed by atoms with E-state index in [9.17, 15) is 14.4 Å². The Hall–Kier alpha value is -3.40. The molecule has 0 radical (unpaired) electrons. The Morgan fingerprint density at radius 1 is 0.939 bits per heavy atom. The van der Waals surface area contributed by atoms with Gasteiger partial charge in [-0.3, -0.25) is 4.79 Å². The zero-order valence-electron chi connectivity index (χ0n) is 17.5. The molecule has 33 heavy (non-hydrogen) atoms. The molecule has 0 aromatic heterocycles. The van der Waals surface area contributed by atoms with E-state index in [0.717, 1.165) is 22.3 Å². The van der Waals surface area contributed by atoms with Gasteiger partial charge in [0.25, 0.3) is 0 Å². The predicted octanol–water partition coefficient (Wildman–Crippen LogP) is 4.86. The third-order valence-corrected chi connectivity index (χ3v) is 6.02. The van der Waals surface area contributed by atoms with Crippen LogP contribution in [0.15, 0.2) is 66.7 Å². The van der Waals surface area contributed by atoms with E-state index in [1.807, 2.05) is 59.0 Å². The molecule has 0 bridgehead atoms. The molecule has 8 heteroatoms. The van der Waals surface area contributed by atoms with Crippen LogP contribution in [0.3, 0.4) is 0 Å². The van der Waals surface area contributed by atoms with Crippen LogP contribution in [0.1, 0.15) is 33.8 Å². The maximum atomic E-state index is 12.2. The first-order valence-electron chi connectivity index (χ1n) is 10.3. The summed E-state index contributed by atoms with van der Waals surface area (Å²) >= 11 is 1.99. The molecule has 168 valence electrons. The lowest BCUT2D eigenvalue weighted by atomic mass is 9.98. The minimum Gasteiger partial charge on any atom is -0.478 e. The monoisotopic (exact) mass is 556 g/mol. The molecule has 0 spiro atoms. The van der Waals surface area contributed by atoms with E-state index in [1.165, 1.54) is 12.1 Å². The summed E-state index contributed by atoms with van der Waals surface area (Å²) in [5, 5.41) is 14.4. The van der Waals surface area contributed by atoms with Gasteiger partial charge in [-0.05, 0) is 63.0 Å². The van der Waals surface area contributed by atoms with E-state index in [-0.39, 0.29) is 37.0 Å². The molecule has 7 nitrogen and oxygen atoms in total. The summed E-state index contributed by atoms with van der Waals surface area (Å²) in [5.41, 5.74) is 5.05. The van der Waals surface area contributed by atoms with Crippen LogP contribution in [-0.2, 0) is 9.53 Å². The number of nitrogens with one attached hydrogen (secondary N) is 2. The van der Waals surface area contributed by atoms with E-state index in [0.29, 0.717) is 9.26 Å². The first-order valence-corrected chi connectivity index (χ1v) is 11.4. The van der Waals surface area contributed by atoms with Crippen molar-refractivity contribution < 1.29 is 24.2 Å². The minimum atomic E-state index is -1.07. The molecular weight excluding hydrogens is 535 g/mol. The highest BCUT2D eigenvalue weighted by Gasteiger charge is 2.28. The van der Waals surface area contributed by atoms with E-state index in [2.05, 4.69) is 22.8 Å². The Morgan fingerprint density at radius 3 is 2.21 bits per heavy atom. The first kappa shape index (κ1) is 22.8. The quantitative estimate of drug-likeness (QED) is 0.361. The number of ether oxygens (including phenoxy) is 1. The molecule has 3 aromatic rings. The zero-order valence-corrected chi connectivity index (χ0v) is 19.7. The molecule has 1 aliphatic rings. The van der Waals surface area contributed by atoms with Crippen molar-refractivity contribution in [1.29, 1.82) is 0 Å². The highest BCUT2D eigenvalue weighted by atomic mass is 127. The van der Waals surface area contributed by atoms with Crippen LogP contribution in [0.5, 0.6) is 0 Å². The lowest BCUT2D eigenvalue weighted by Gasteiger charge is -2.14. The minimum absolute atomic E-state index is 0.0259. The molecule has 3 N–H and O–H groups in total. The molecule has 1 aliphatic carbocycles. The topological polar surface area (TPSA) is 105 Å². The van der Waals surface area contributed by atoms with Crippen molar-refractivity contribution in [1.82, 2.24) is 5.32 Å². The second-order valence-corrected chi connectivity index (χ2v) is 8.83. The summed E-state index contributed by atoms with van der Waals surface area (Å²) in [6.07, 6.45) is -0.565. The zero-order chi connectivity index (χ0) is 23.4. The molecule has 0 saturated heterocycles. The van der Waals surface area contributed by atoms with Crippen LogP contribution >= 0.6 is 22.6 Å². The van der Waals surface area contributed by atoms with Crippen LogP contribution < -0.4 is 10.6 Å². The maximum absolute atomic E-state index is 12.2. The van der Waals surface area contributed by atoms with E-state index < -0.39 is 12.1 Å². The summed E-state index contributed by atoms with van der Waals surface area (Å²) in [6.45, 7) is 0.296. The SMILES string of the molecule is O=C(CCNC(=O)OCC1c2ccccc2-c2ccccc21)Nc1cc(I)cc(C(=O)O)c1. The molecule has 3 aromatic carbocycles. The molecule has 0 heterocycles. The van der Waals surface area contributed by atoms with Gasteiger partial charge < -0.3 is 20.5 Å². The molecule has 4 rings (SSSR count). The summed E-state index contributed by atoms with van der Waals surface area (Å²) in [7, 11) is 0. The van der Waals surface area contributed by atoms with Gasteiger partial charge in [0, 0.05) is 28.1 Å². The number of alkyl carbamates (subject to hydrolysis) is 1. The Kier molecular flexibility index (Phi) is 6.93. The Balaban J connectivity index is 1.27. The molecule has 0 unspecified atom stereocenters. The molecule has 0 fully saturated rings. The van der Waals surface area contributed by atoms with Crippen molar-refractivity contribution >= 4 is 46.2 Å². The number of carbonyl (C=O) groups is 3. The standard InChI is InChI=1S/C25H21IN2O5/c26-16-11-15(24(30)31)12-17(13-16)28-23(29)9-10-27-25(32)33-14-22-20-7-3-1-5-18(20)19-6-2-4-8-21(19)22/h1-8,11-13,22H,9-10,14H2,(H,27,32)(H,28,29)(H,30,31). The summed E-state index contributed by atoms with van der Waals surface area (Å²) in [6, 6.07) is 20.7. The fourth-order valence-corrected chi connectivity index (χ4v) is 4.61. The van der Waals surface area contributed by atoms with Gasteiger partial charge in [0.1, 0.15) is 6.61 Å². The summed E-state index contributed by atoms with van der Waals surface area (Å²) in [4.78, 5) is 35.5. The third-order valence-electron chi connectivity index (χ3n) is 5.39. The number of fused-ring (bicyclic) bond motifs is 3. The van der Waals surface area contributed by atoms with Crippen molar-refractivity contribution in [2.24, 2.45) is 0 Å². The predicted molar refractivity (Wildman–Crippen MR) is 132 cm³/mol. The Labute approximate surface area is 204 Å². The Morgan fingerprint density at radius 2 is 1.58 bits per heavy atom. The number of hydrogen-bond acceptors (Lipinski definition) is 4. The maximum Gasteiger partial charge on any atom is 0.407 e. The van der Waals surface area contributed by atoms with Crippen LogP contribution in [-0.4, -0.2) is 36.2 Å². The van der Waals surface area contributed by atoms with Gasteiger partial charge >= 0.3 is 12.1 Å². The molecule has 0 saturated carbocycles. The number of halogens is 1. The molecule has 0 aliphatic heterocycles. The number of amides is 2. The van der Waals surface area contributed by atoms with Crippen molar-refractivity contribution in [3.8, 4) is 11.1 Å². The molecular formula is C25H21IN2O5. The fraction of sp³-hybridized carbons (Fsp3) is 0.160. The van der Waals surface area contributed by atoms with Gasteiger partial charge in [-0.25, -0.2) is 9.59 Å². The van der Waals surface area contributed by atoms with E-state index in [1.54, 1.807) is 6.07 Å². The second kappa shape index (κ2) is 10.0. The van der Waals surface area contributed by atoms with Crippen molar-refractivity contribution in [2.75, 3.05) is 18.5 Å². The highest BCUT2D eigenvalue weighted by molar-refractivity contribution is 14.1. The largest absolute Gasteiger partial charge is 0.478 e. The first-order chi connectivity index (χ1) is 15.9. The lowest BCUT2D eigenvalue weighted by molar-refractivity contribution is -0.116. The average Bonchev–Trinajstić information content (AvgIpc) is 3.11. The molecule has 0 atom stereocenters. The number of carboxylic acid groups (broad SMARTS) is 1. The number of carboxylic acids is 1. The van der Waals surface area contributed by atoms with Crippen molar-refractivity contribution in [2.45, 2.75) is 12.3 Å². The van der Waals surface area contributed by atoms with Gasteiger partial charge in [-0.15, -0.1) is 0 Å². The average molecular weight is 556 g/mol. The highest BCUT2D eigenvalue weighted by Crippen LogP contribution is 2.44. The van der Waals surface area contributed by atoms with Crippen molar-refractivity contribution in [3.63, 3.8) is 0 Å². The normalized spacial score (nSPS) is 11.9. The number of aromatic carboxylic acids is 1. The number of hydrogen-bond donors (Lipinski definition) is 3. The molecule has 2 amide bonds. The number of benzene rings is 3. The second-order valence-electron chi connectivity index (χ2n) is 7.58. The summed E-state index contributed by atoms with van der Waals surface area (Å²) < 4.78 is 6.14. The van der Waals surface area contributed by atoms with Gasteiger partial charge in [-0.2, -0.15) is 0 Å². The van der Waals surface area contributed by atoms with Crippen LogP contribution in [0, 0.1) is 3.57 Å². The van der Waals surface area contributed by atoms with Crippen molar-refractivity contribution in [3.05, 3.63) is 87.0 Å². The van der Waals surface area contributed by atoms with Gasteiger partial charge in [0.15, 0.2) is 0 Å². The summed E-state index contributed by atoms with van der Waals surface area (Å²) in [5.74, 6) is -1.44. The lowest BCUT2D eigenvalue weighted by Crippen LogP contribution is -2.29. The van der Waals surface area contributed by atoms with E-state index >= 15 is 0 Å². The number of rotatable bonds is 7. The fourth-order valence-electron chi connectivity index (χ4n) is 3.94. The van der Waals surface area contributed by atoms with Gasteiger partial charge in [0.2, 0.25) is 5.91 Å². The number of carbonyl (C=O) groups excluding carboxylic acids is 2. The van der Waals surface area contributed by atoms with Crippen LogP contribution in [0.4, 0.5) is 10.5 Å². The van der Waals surface area contributed by atoms with Crippen LogP contribution in [0.25, 0.3) is 11.1 Å². The van der Waals surface area contributed by atoms with Gasteiger partial charge in [0.05, 0.1) is 5.56 Å². The smallest absolute Gasteiger partial charge is 0.407 e. The third kappa shape index (κ3) is 5.33. The van der Waals surface area contributed by atoms with Crippen LogP contribution in [0.2, 0.25) is 0 Å². The number of anilines is 1. The van der Waals surface area contributed by atoms with E-state index in [4.69, 9.17) is 9.84 Å². The Bertz CT molecular complexity index is 1180.